The minimum atomic E-state index is -2.04. The Balaban J connectivity index is 1.38. The lowest BCUT2D eigenvalue weighted by Crippen LogP contribution is -2.58. The van der Waals surface area contributed by atoms with Crippen molar-refractivity contribution in [3.8, 4) is 18.0 Å². The van der Waals surface area contributed by atoms with Crippen LogP contribution in [0, 0.1) is 22.7 Å². The second-order valence-corrected chi connectivity index (χ2v) is 17.9. The number of nitrogens with zero attached hydrogens (tertiary/aromatic N) is 6. The molecule has 0 radical (unpaired) electrons. The Morgan fingerprint density at radius 3 is 1.46 bits per heavy atom. The molecule has 0 amide bonds. The standard InChI is InChI=1S/C45H32N6Si/c1-52(2)42-17-9-7-15-40(42)51(41-16-8-10-18-43(41)52)45-28-35(49(33-23-19-31(29-46)20-24-33)34-25-21-32(30-47)22-26-34)27-44(48-45)50-38-13-5-3-11-36(38)37-12-4-6-14-39(37)50/h3-28H,1-2H3. The molecular weight excluding hydrogens is 653 g/mol. The second kappa shape index (κ2) is 12.1. The normalized spacial score (nSPS) is 12.9. The van der Waals surface area contributed by atoms with Gasteiger partial charge in [-0.2, -0.15) is 10.5 Å². The average molecular weight is 685 g/mol. The topological polar surface area (TPSA) is 71.9 Å². The maximum atomic E-state index is 9.64. The molecule has 1 aliphatic rings. The summed E-state index contributed by atoms with van der Waals surface area (Å²) >= 11 is 0. The van der Waals surface area contributed by atoms with Crippen LogP contribution in [0.25, 0.3) is 27.6 Å². The monoisotopic (exact) mass is 684 g/mol. The maximum Gasteiger partial charge on any atom is 0.142 e. The van der Waals surface area contributed by atoms with Gasteiger partial charge in [0.1, 0.15) is 19.7 Å². The molecule has 0 fully saturated rings. The molecule has 6 aromatic carbocycles. The Bertz CT molecular complexity index is 2590. The number of aromatic nitrogens is 2. The molecule has 6 nitrogen and oxygen atoms in total. The van der Waals surface area contributed by atoms with E-state index >= 15 is 0 Å². The van der Waals surface area contributed by atoms with Gasteiger partial charge >= 0.3 is 0 Å². The largest absolute Gasteiger partial charge is 0.310 e. The molecule has 1 aliphatic heterocycles. The summed E-state index contributed by atoms with van der Waals surface area (Å²) in [5, 5.41) is 24.3. The molecule has 9 rings (SSSR count). The Labute approximate surface area is 303 Å². The first-order valence-corrected chi connectivity index (χ1v) is 20.3. The smallest absolute Gasteiger partial charge is 0.142 e. The molecular formula is C45H32N6Si. The Kier molecular flexibility index (Phi) is 7.25. The Morgan fingerprint density at radius 2 is 0.962 bits per heavy atom. The molecule has 2 aromatic heterocycles. The zero-order chi connectivity index (χ0) is 35.4. The van der Waals surface area contributed by atoms with Crippen molar-refractivity contribution >= 4 is 74.5 Å². The molecule has 0 N–H and O–H groups in total. The molecule has 0 unspecified atom stereocenters. The van der Waals surface area contributed by atoms with Gasteiger partial charge in [-0.15, -0.1) is 0 Å². The van der Waals surface area contributed by atoms with Gasteiger partial charge in [0, 0.05) is 45.7 Å². The molecule has 0 aliphatic carbocycles. The van der Waals surface area contributed by atoms with Crippen molar-refractivity contribution in [1.82, 2.24) is 9.55 Å². The van der Waals surface area contributed by atoms with Crippen LogP contribution in [0.4, 0.5) is 34.3 Å². The SMILES string of the molecule is C[Si]1(C)c2ccccc2N(c2cc(N(c3ccc(C#N)cc3)c3ccc(C#N)cc3)cc(-n3c4ccccc4c4ccccc43)n2)c2ccccc21. The van der Waals surface area contributed by atoms with Crippen LogP contribution in [-0.4, -0.2) is 17.6 Å². The number of hydrogen-bond donors (Lipinski definition) is 0. The van der Waals surface area contributed by atoms with Crippen molar-refractivity contribution in [2.24, 2.45) is 0 Å². The summed E-state index contributed by atoms with van der Waals surface area (Å²) in [5.41, 5.74) is 8.21. The highest BCUT2D eigenvalue weighted by molar-refractivity contribution is 7.02. The van der Waals surface area contributed by atoms with Crippen LogP contribution in [0.1, 0.15) is 11.1 Å². The van der Waals surface area contributed by atoms with Gasteiger partial charge in [0.2, 0.25) is 0 Å². The summed E-state index contributed by atoms with van der Waals surface area (Å²) in [7, 11) is -2.04. The number of pyridine rings is 1. The molecule has 0 saturated carbocycles. The number of rotatable bonds is 5. The first kappa shape index (κ1) is 31.1. The summed E-state index contributed by atoms with van der Waals surface area (Å²) in [6, 6.07) is 58.5. The van der Waals surface area contributed by atoms with Crippen LogP contribution in [0.15, 0.2) is 158 Å². The molecule has 8 aromatic rings. The van der Waals surface area contributed by atoms with E-state index in [1.165, 1.54) is 10.4 Å². The van der Waals surface area contributed by atoms with Crippen molar-refractivity contribution in [1.29, 1.82) is 10.5 Å². The summed E-state index contributed by atoms with van der Waals surface area (Å²) in [6.07, 6.45) is 0. The quantitative estimate of drug-likeness (QED) is 0.169. The van der Waals surface area contributed by atoms with Crippen LogP contribution >= 0.6 is 0 Å². The molecule has 52 heavy (non-hydrogen) atoms. The van der Waals surface area contributed by atoms with Crippen LogP contribution in [0.3, 0.4) is 0 Å². The Hall–Kier alpha value is -6.93. The average Bonchev–Trinajstić information content (AvgIpc) is 3.53. The van der Waals surface area contributed by atoms with Crippen LogP contribution in [0.2, 0.25) is 13.1 Å². The number of nitriles is 2. The van der Waals surface area contributed by atoms with Crippen LogP contribution in [0.5, 0.6) is 0 Å². The van der Waals surface area contributed by atoms with E-state index in [0.29, 0.717) is 11.1 Å². The van der Waals surface area contributed by atoms with Gasteiger partial charge in [-0.25, -0.2) is 4.98 Å². The van der Waals surface area contributed by atoms with Gasteiger partial charge in [0.15, 0.2) is 0 Å². The first-order valence-electron chi connectivity index (χ1n) is 17.3. The first-order chi connectivity index (χ1) is 25.5. The van der Waals surface area contributed by atoms with E-state index in [0.717, 1.165) is 61.9 Å². The molecule has 0 spiro atoms. The van der Waals surface area contributed by atoms with Crippen molar-refractivity contribution < 1.29 is 0 Å². The van der Waals surface area contributed by atoms with Gasteiger partial charge in [-0.3, -0.25) is 9.47 Å². The number of benzene rings is 6. The fourth-order valence-electron chi connectivity index (χ4n) is 7.75. The molecule has 0 bridgehead atoms. The second-order valence-electron chi connectivity index (χ2n) is 13.6. The highest BCUT2D eigenvalue weighted by atomic mass is 28.3. The molecule has 246 valence electrons. The van der Waals surface area contributed by atoms with Gasteiger partial charge in [-0.05, 0) is 83.2 Å². The third kappa shape index (κ3) is 4.87. The predicted molar refractivity (Wildman–Crippen MR) is 214 cm³/mol. The minimum absolute atomic E-state index is 0.582. The van der Waals surface area contributed by atoms with Gasteiger partial charge in [0.05, 0.1) is 40.0 Å². The summed E-state index contributed by atoms with van der Waals surface area (Å²) < 4.78 is 2.26. The Morgan fingerprint density at radius 1 is 0.519 bits per heavy atom. The third-order valence-corrected chi connectivity index (χ3v) is 13.8. The third-order valence-electron chi connectivity index (χ3n) is 10.2. The predicted octanol–water partition coefficient (Wildman–Crippen LogP) is 10.00. The molecule has 0 saturated heterocycles. The summed E-state index contributed by atoms with van der Waals surface area (Å²) in [6.45, 7) is 4.85. The number of para-hydroxylation sites is 4. The summed E-state index contributed by atoms with van der Waals surface area (Å²) in [5.74, 6) is 1.56. The van der Waals surface area contributed by atoms with Crippen LogP contribution < -0.4 is 20.2 Å². The number of fused-ring (bicyclic) bond motifs is 5. The zero-order valence-electron chi connectivity index (χ0n) is 28.7. The highest BCUT2D eigenvalue weighted by Crippen LogP contribution is 2.43. The van der Waals surface area contributed by atoms with Gasteiger partial charge in [-0.1, -0.05) is 85.9 Å². The number of hydrogen-bond acceptors (Lipinski definition) is 5. The number of anilines is 6. The van der Waals surface area contributed by atoms with Crippen LogP contribution in [-0.2, 0) is 0 Å². The summed E-state index contributed by atoms with van der Waals surface area (Å²) in [4.78, 5) is 10.1. The van der Waals surface area contributed by atoms with E-state index in [9.17, 15) is 10.5 Å². The van der Waals surface area contributed by atoms with Crippen molar-refractivity contribution in [3.63, 3.8) is 0 Å². The van der Waals surface area contributed by atoms with Gasteiger partial charge < -0.3 is 4.90 Å². The van der Waals surface area contributed by atoms with E-state index < -0.39 is 8.07 Å². The van der Waals surface area contributed by atoms with Crippen molar-refractivity contribution in [3.05, 3.63) is 169 Å². The lowest BCUT2D eigenvalue weighted by atomic mass is 10.1. The van der Waals surface area contributed by atoms with E-state index in [4.69, 9.17) is 4.98 Å². The minimum Gasteiger partial charge on any atom is -0.310 e. The fourth-order valence-corrected chi connectivity index (χ4v) is 10.7. The maximum absolute atomic E-state index is 9.64. The lowest BCUT2D eigenvalue weighted by Gasteiger charge is -2.40. The van der Waals surface area contributed by atoms with Gasteiger partial charge in [0.25, 0.3) is 0 Å². The zero-order valence-corrected chi connectivity index (χ0v) is 29.7. The molecule has 3 heterocycles. The molecule has 0 atom stereocenters. The fraction of sp³-hybridized carbons (Fsp3) is 0.0444. The van der Waals surface area contributed by atoms with Crippen molar-refractivity contribution in [2.75, 3.05) is 9.80 Å². The lowest BCUT2D eigenvalue weighted by molar-refractivity contribution is 1.05. The van der Waals surface area contributed by atoms with E-state index in [-0.39, 0.29) is 0 Å². The van der Waals surface area contributed by atoms with E-state index in [1.54, 1.807) is 0 Å². The van der Waals surface area contributed by atoms with E-state index in [1.807, 2.05) is 48.5 Å². The molecule has 7 heteroatoms. The van der Waals surface area contributed by atoms with Crippen molar-refractivity contribution in [2.45, 2.75) is 13.1 Å². The highest BCUT2D eigenvalue weighted by Gasteiger charge is 2.39. The van der Waals surface area contributed by atoms with E-state index in [2.05, 4.69) is 149 Å².